The highest BCUT2D eigenvalue weighted by Gasteiger charge is 2.12. The Morgan fingerprint density at radius 3 is 2.29 bits per heavy atom. The van der Waals surface area contributed by atoms with E-state index < -0.39 is 42.1 Å². The van der Waals surface area contributed by atoms with E-state index in [1.807, 2.05) is 5.43 Å². The highest BCUT2D eigenvalue weighted by atomic mass is 16.4. The molecule has 0 saturated heterocycles. The number of carbonyl (C=O) groups is 3. The number of hydrogen-bond donors (Lipinski definition) is 2. The fraction of sp³-hybridized carbons (Fsp3) is 0.125. The van der Waals surface area contributed by atoms with Crippen molar-refractivity contribution in [3.63, 3.8) is 0 Å². The third-order valence-electron chi connectivity index (χ3n) is 3.20. The second-order valence-corrected chi connectivity index (χ2v) is 4.87. The minimum Gasteiger partial charge on any atom is -0.872 e. The third-order valence-corrected chi connectivity index (χ3v) is 3.20. The number of carboxylic acid groups (broad SMARTS) is 2. The number of carbonyl (C=O) groups excluding carboxylic acids is 2. The summed E-state index contributed by atoms with van der Waals surface area (Å²) in [5.41, 5.74) is 1.22. The Morgan fingerprint density at radius 2 is 1.71 bits per heavy atom. The van der Waals surface area contributed by atoms with Crippen molar-refractivity contribution in [2.75, 3.05) is 0 Å². The molecule has 1 amide bonds. The quantitative estimate of drug-likeness (QED) is 0.546. The number of hydrogen-bond acceptors (Lipinski definition) is 6. The molecule has 0 radical (unpaired) electrons. The van der Waals surface area contributed by atoms with Gasteiger partial charge in [-0.25, -0.2) is 10.2 Å². The van der Waals surface area contributed by atoms with E-state index in [1.165, 1.54) is 12.1 Å². The summed E-state index contributed by atoms with van der Waals surface area (Å²) in [7, 11) is 0. The molecule has 0 aliphatic rings. The molecule has 0 aliphatic carbocycles. The molecule has 0 bridgehead atoms. The third kappa shape index (κ3) is 4.07. The van der Waals surface area contributed by atoms with Crippen molar-refractivity contribution in [2.45, 2.75) is 12.8 Å². The molecule has 0 atom stereocenters. The zero-order chi connectivity index (χ0) is 17.7. The molecule has 124 valence electrons. The largest absolute Gasteiger partial charge is 0.872 e. The van der Waals surface area contributed by atoms with Gasteiger partial charge in [-0.3, -0.25) is 4.79 Å². The van der Waals surface area contributed by atoms with Gasteiger partial charge in [0.15, 0.2) is 0 Å². The van der Waals surface area contributed by atoms with Gasteiger partial charge in [-0.05, 0) is 23.3 Å². The van der Waals surface area contributed by atoms with Gasteiger partial charge in [0.25, 0.3) is 5.91 Å². The number of fused-ring (bicyclic) bond motifs is 1. The van der Waals surface area contributed by atoms with Gasteiger partial charge in [0.05, 0.1) is 0 Å². The number of hydrazone groups is 1. The fourth-order valence-electron chi connectivity index (χ4n) is 2.01. The van der Waals surface area contributed by atoms with Crippen LogP contribution in [0.1, 0.15) is 23.2 Å². The lowest BCUT2D eigenvalue weighted by atomic mass is 10.1. The molecule has 0 heterocycles. The monoisotopic (exact) mass is 328 g/mol. The summed E-state index contributed by atoms with van der Waals surface area (Å²) in [6, 6.07) is 9.61. The van der Waals surface area contributed by atoms with Crippen LogP contribution in [0.4, 0.5) is 0 Å². The maximum absolute atomic E-state index is 12.0. The highest BCUT2D eigenvalue weighted by molar-refractivity contribution is 6.35. The van der Waals surface area contributed by atoms with Crippen LogP contribution in [0.25, 0.3) is 10.8 Å². The molecule has 2 aromatic rings. The second kappa shape index (κ2) is 7.23. The number of benzene rings is 2. The molecule has 0 aliphatic heterocycles. The molecular formula is C16H12N2O6-2. The van der Waals surface area contributed by atoms with Crippen LogP contribution in [-0.4, -0.2) is 28.7 Å². The summed E-state index contributed by atoms with van der Waals surface area (Å²) in [6.45, 7) is 0. The van der Waals surface area contributed by atoms with Gasteiger partial charge in [-0.1, -0.05) is 36.1 Å². The second-order valence-electron chi connectivity index (χ2n) is 4.87. The number of nitrogens with one attached hydrogen (secondary N) is 1. The molecule has 0 fully saturated rings. The average molecular weight is 328 g/mol. The SMILES string of the molecule is O=C([O-])CC/C(=N\NC(=O)c1cc2ccccc2cc1[O-])C(=O)O. The van der Waals surface area contributed by atoms with E-state index in [2.05, 4.69) is 5.10 Å². The van der Waals surface area contributed by atoms with E-state index >= 15 is 0 Å². The smallest absolute Gasteiger partial charge is 0.352 e. The molecule has 0 saturated carbocycles. The lowest BCUT2D eigenvalue weighted by Gasteiger charge is -2.13. The summed E-state index contributed by atoms with van der Waals surface area (Å²) in [4.78, 5) is 33.3. The van der Waals surface area contributed by atoms with Crippen LogP contribution < -0.4 is 15.6 Å². The zero-order valence-electron chi connectivity index (χ0n) is 12.3. The van der Waals surface area contributed by atoms with Gasteiger partial charge in [0.1, 0.15) is 5.71 Å². The molecule has 8 nitrogen and oxygen atoms in total. The molecular weight excluding hydrogens is 316 g/mol. The van der Waals surface area contributed by atoms with E-state index in [9.17, 15) is 24.6 Å². The van der Waals surface area contributed by atoms with Crippen molar-refractivity contribution < 1.29 is 29.7 Å². The van der Waals surface area contributed by atoms with Crippen LogP contribution >= 0.6 is 0 Å². The van der Waals surface area contributed by atoms with Crippen molar-refractivity contribution in [2.24, 2.45) is 5.10 Å². The van der Waals surface area contributed by atoms with Crippen LogP contribution in [0.15, 0.2) is 41.5 Å². The van der Waals surface area contributed by atoms with Crippen molar-refractivity contribution >= 4 is 34.3 Å². The lowest BCUT2D eigenvalue weighted by molar-refractivity contribution is -0.305. The maximum Gasteiger partial charge on any atom is 0.352 e. The van der Waals surface area contributed by atoms with Crippen LogP contribution in [-0.2, 0) is 9.59 Å². The fourth-order valence-corrected chi connectivity index (χ4v) is 2.01. The zero-order valence-corrected chi connectivity index (χ0v) is 12.3. The van der Waals surface area contributed by atoms with Gasteiger partial charge in [0, 0.05) is 18.0 Å². The first-order valence-electron chi connectivity index (χ1n) is 6.88. The van der Waals surface area contributed by atoms with Crippen molar-refractivity contribution in [1.82, 2.24) is 5.43 Å². The van der Waals surface area contributed by atoms with Gasteiger partial charge in [-0.15, -0.1) is 0 Å². The molecule has 2 rings (SSSR count). The molecule has 0 aromatic heterocycles. The Balaban J connectivity index is 2.22. The number of nitrogens with zero attached hydrogens (tertiary/aromatic N) is 1. The van der Waals surface area contributed by atoms with Crippen molar-refractivity contribution in [1.29, 1.82) is 0 Å². The summed E-state index contributed by atoms with van der Waals surface area (Å²) in [6.07, 6.45) is -0.969. The first-order valence-corrected chi connectivity index (χ1v) is 6.88. The summed E-state index contributed by atoms with van der Waals surface area (Å²) >= 11 is 0. The normalized spacial score (nSPS) is 11.2. The lowest BCUT2D eigenvalue weighted by Crippen LogP contribution is -2.27. The Bertz CT molecular complexity index is 844. The summed E-state index contributed by atoms with van der Waals surface area (Å²) in [5.74, 6) is -4.32. The predicted molar refractivity (Wildman–Crippen MR) is 80.2 cm³/mol. The van der Waals surface area contributed by atoms with E-state index in [0.29, 0.717) is 10.8 Å². The summed E-state index contributed by atoms with van der Waals surface area (Å²) < 4.78 is 0. The van der Waals surface area contributed by atoms with Crippen molar-refractivity contribution in [3.05, 3.63) is 42.0 Å². The number of rotatable bonds is 6. The first-order chi connectivity index (χ1) is 11.4. The van der Waals surface area contributed by atoms with Gasteiger partial charge in [-0.2, -0.15) is 5.10 Å². The first kappa shape index (κ1) is 16.9. The van der Waals surface area contributed by atoms with Crippen LogP contribution in [0.2, 0.25) is 0 Å². The van der Waals surface area contributed by atoms with E-state index in [-0.39, 0.29) is 5.56 Å². The molecule has 2 aromatic carbocycles. The van der Waals surface area contributed by atoms with Crippen LogP contribution in [0.3, 0.4) is 0 Å². The molecule has 0 spiro atoms. The topological polar surface area (TPSA) is 142 Å². The average Bonchev–Trinajstić information content (AvgIpc) is 2.53. The van der Waals surface area contributed by atoms with Gasteiger partial charge >= 0.3 is 5.97 Å². The summed E-state index contributed by atoms with van der Waals surface area (Å²) in [5, 5.41) is 35.9. The van der Waals surface area contributed by atoms with Crippen molar-refractivity contribution in [3.8, 4) is 5.75 Å². The Labute approximate surface area is 136 Å². The minimum atomic E-state index is -1.47. The standard InChI is InChI=1S/C16H14N2O6/c19-13-8-10-4-2-1-3-9(10)7-11(13)15(22)18-17-12(16(23)24)5-6-14(20)21/h1-4,7-8,19H,5-6H2,(H,18,22)(H,20,21)(H,23,24)/p-2/b17-12+. The Morgan fingerprint density at radius 1 is 1.08 bits per heavy atom. The highest BCUT2D eigenvalue weighted by Crippen LogP contribution is 2.22. The molecule has 2 N–H and O–H groups in total. The van der Waals surface area contributed by atoms with Crippen LogP contribution in [0.5, 0.6) is 5.75 Å². The molecule has 0 unspecified atom stereocenters. The van der Waals surface area contributed by atoms with E-state index in [4.69, 9.17) is 5.11 Å². The number of carboxylic acids is 2. The minimum absolute atomic E-state index is 0.193. The maximum atomic E-state index is 12.0. The predicted octanol–water partition coefficient (Wildman–Crippen LogP) is -0.386. The number of aliphatic carboxylic acids is 2. The Hall–Kier alpha value is -3.42. The van der Waals surface area contributed by atoms with E-state index in [0.717, 1.165) is 0 Å². The number of amides is 1. The van der Waals surface area contributed by atoms with E-state index in [1.54, 1.807) is 24.3 Å². The van der Waals surface area contributed by atoms with Gasteiger partial charge < -0.3 is 20.1 Å². The van der Waals surface area contributed by atoms with Crippen LogP contribution in [0, 0.1) is 0 Å². The Kier molecular flexibility index (Phi) is 5.10. The molecule has 24 heavy (non-hydrogen) atoms. The molecule has 8 heteroatoms. The van der Waals surface area contributed by atoms with Gasteiger partial charge in [0.2, 0.25) is 0 Å².